The first-order valence-electron chi connectivity index (χ1n) is 5.86. The van der Waals surface area contributed by atoms with Crippen molar-refractivity contribution in [1.82, 2.24) is 4.98 Å². The maximum atomic E-state index is 13.8. The SMILES string of the molecule is O=C(Nc1nc(C2CC2)cs1)c1cccc(Br)c1F. The first-order valence-corrected chi connectivity index (χ1v) is 7.53. The van der Waals surface area contributed by atoms with Gasteiger partial charge < -0.3 is 0 Å². The smallest absolute Gasteiger partial charge is 0.260 e. The lowest BCUT2D eigenvalue weighted by molar-refractivity contribution is 0.102. The van der Waals surface area contributed by atoms with E-state index in [4.69, 9.17) is 0 Å². The number of carbonyl (C=O) groups is 1. The zero-order chi connectivity index (χ0) is 13.4. The Hall–Kier alpha value is -1.27. The minimum absolute atomic E-state index is 0.0116. The molecule has 0 radical (unpaired) electrons. The average molecular weight is 341 g/mol. The van der Waals surface area contributed by atoms with Crippen LogP contribution < -0.4 is 5.32 Å². The predicted molar refractivity (Wildman–Crippen MR) is 76.1 cm³/mol. The van der Waals surface area contributed by atoms with Gasteiger partial charge in [-0.3, -0.25) is 10.1 Å². The van der Waals surface area contributed by atoms with Gasteiger partial charge in [-0.1, -0.05) is 6.07 Å². The molecule has 6 heteroatoms. The average Bonchev–Trinajstić information content (AvgIpc) is 3.14. The summed E-state index contributed by atoms with van der Waals surface area (Å²) in [5.74, 6) is -0.487. The molecule has 0 saturated heterocycles. The van der Waals surface area contributed by atoms with Crippen molar-refractivity contribution in [2.75, 3.05) is 5.32 Å². The van der Waals surface area contributed by atoms with Crippen molar-refractivity contribution < 1.29 is 9.18 Å². The predicted octanol–water partition coefficient (Wildman–Crippen LogP) is 4.17. The number of aromatic nitrogens is 1. The van der Waals surface area contributed by atoms with Gasteiger partial charge in [0.25, 0.3) is 5.91 Å². The van der Waals surface area contributed by atoms with Crippen LogP contribution in [0.4, 0.5) is 9.52 Å². The third-order valence-corrected chi connectivity index (χ3v) is 4.32. The van der Waals surface area contributed by atoms with Gasteiger partial charge in [-0.05, 0) is 40.9 Å². The molecule has 2 aromatic rings. The molecule has 98 valence electrons. The number of benzene rings is 1. The van der Waals surface area contributed by atoms with Crippen LogP contribution in [0.3, 0.4) is 0 Å². The summed E-state index contributed by atoms with van der Waals surface area (Å²) in [6.45, 7) is 0. The molecular formula is C13H10BrFN2OS. The summed E-state index contributed by atoms with van der Waals surface area (Å²) < 4.78 is 14.0. The molecule has 19 heavy (non-hydrogen) atoms. The highest BCUT2D eigenvalue weighted by Gasteiger charge is 2.26. The second-order valence-corrected chi connectivity index (χ2v) is 6.12. The van der Waals surface area contributed by atoms with Gasteiger partial charge in [0.2, 0.25) is 0 Å². The third kappa shape index (κ3) is 2.69. The van der Waals surface area contributed by atoms with Gasteiger partial charge in [-0.15, -0.1) is 11.3 Å². The molecule has 1 saturated carbocycles. The summed E-state index contributed by atoms with van der Waals surface area (Å²) in [5.41, 5.74) is 1.03. The van der Waals surface area contributed by atoms with E-state index < -0.39 is 11.7 Å². The molecule has 1 fully saturated rings. The van der Waals surface area contributed by atoms with E-state index in [1.165, 1.54) is 17.4 Å². The first-order chi connectivity index (χ1) is 9.15. The van der Waals surface area contributed by atoms with Crippen molar-refractivity contribution in [1.29, 1.82) is 0 Å². The molecule has 1 aliphatic carbocycles. The molecule has 0 unspecified atom stereocenters. The van der Waals surface area contributed by atoms with Crippen LogP contribution in [0.1, 0.15) is 34.8 Å². The Morgan fingerprint density at radius 3 is 3.00 bits per heavy atom. The molecule has 1 aliphatic rings. The van der Waals surface area contributed by atoms with Crippen molar-refractivity contribution in [3.8, 4) is 0 Å². The summed E-state index contributed by atoms with van der Waals surface area (Å²) in [6.07, 6.45) is 2.33. The van der Waals surface area contributed by atoms with E-state index in [0.29, 0.717) is 11.0 Å². The second-order valence-electron chi connectivity index (χ2n) is 4.41. The molecular weight excluding hydrogens is 331 g/mol. The quantitative estimate of drug-likeness (QED) is 0.910. The van der Waals surface area contributed by atoms with Crippen LogP contribution >= 0.6 is 27.3 Å². The Balaban J connectivity index is 1.78. The lowest BCUT2D eigenvalue weighted by Crippen LogP contribution is -2.13. The molecule has 3 rings (SSSR count). The Morgan fingerprint density at radius 1 is 1.47 bits per heavy atom. The molecule has 0 spiro atoms. The van der Waals surface area contributed by atoms with Gasteiger partial charge in [0.1, 0.15) is 5.82 Å². The van der Waals surface area contributed by atoms with Crippen LogP contribution in [-0.2, 0) is 0 Å². The number of halogens is 2. The summed E-state index contributed by atoms with van der Waals surface area (Å²) >= 11 is 4.44. The summed E-state index contributed by atoms with van der Waals surface area (Å²) in [5, 5.41) is 5.11. The standard InChI is InChI=1S/C13H10BrFN2OS/c14-9-3-1-2-8(11(9)15)12(18)17-13-16-10(6-19-13)7-4-5-7/h1-3,6-7H,4-5H2,(H,16,17,18). The summed E-state index contributed by atoms with van der Waals surface area (Å²) in [7, 11) is 0. The van der Waals surface area contributed by atoms with E-state index in [9.17, 15) is 9.18 Å². The Kier molecular flexibility index (Phi) is 3.36. The van der Waals surface area contributed by atoms with Crippen molar-refractivity contribution in [3.05, 3.63) is 45.1 Å². The number of nitrogens with one attached hydrogen (secondary N) is 1. The monoisotopic (exact) mass is 340 g/mol. The Morgan fingerprint density at radius 2 is 2.26 bits per heavy atom. The molecule has 0 aliphatic heterocycles. The number of hydrogen-bond acceptors (Lipinski definition) is 3. The van der Waals surface area contributed by atoms with Gasteiger partial charge in [-0.25, -0.2) is 9.37 Å². The fraction of sp³-hybridized carbons (Fsp3) is 0.231. The van der Waals surface area contributed by atoms with E-state index in [0.717, 1.165) is 18.5 Å². The highest BCUT2D eigenvalue weighted by atomic mass is 79.9. The zero-order valence-corrected chi connectivity index (χ0v) is 12.2. The number of amides is 1. The molecule has 1 amide bonds. The van der Waals surface area contributed by atoms with Crippen molar-refractivity contribution >= 4 is 38.3 Å². The maximum absolute atomic E-state index is 13.8. The van der Waals surface area contributed by atoms with Gasteiger partial charge in [0, 0.05) is 11.3 Å². The first kappa shape index (κ1) is 12.7. The lowest BCUT2D eigenvalue weighted by atomic mass is 10.2. The third-order valence-electron chi connectivity index (χ3n) is 2.93. The van der Waals surface area contributed by atoms with Crippen LogP contribution in [0, 0.1) is 5.82 Å². The maximum Gasteiger partial charge on any atom is 0.260 e. The van der Waals surface area contributed by atoms with Crippen molar-refractivity contribution in [3.63, 3.8) is 0 Å². The minimum atomic E-state index is -0.557. The Bertz CT molecular complexity index is 639. The van der Waals surface area contributed by atoms with Crippen LogP contribution in [-0.4, -0.2) is 10.9 Å². The minimum Gasteiger partial charge on any atom is -0.298 e. The molecule has 1 heterocycles. The highest BCUT2D eigenvalue weighted by molar-refractivity contribution is 9.10. The molecule has 1 aromatic carbocycles. The van der Waals surface area contributed by atoms with E-state index in [1.54, 1.807) is 12.1 Å². The van der Waals surface area contributed by atoms with E-state index in [1.807, 2.05) is 5.38 Å². The van der Waals surface area contributed by atoms with Gasteiger partial charge in [0.05, 0.1) is 15.7 Å². The fourth-order valence-electron chi connectivity index (χ4n) is 1.75. The van der Waals surface area contributed by atoms with E-state index in [2.05, 4.69) is 26.2 Å². The number of hydrogen-bond donors (Lipinski definition) is 1. The van der Waals surface area contributed by atoms with Crippen LogP contribution in [0.5, 0.6) is 0 Å². The summed E-state index contributed by atoms with van der Waals surface area (Å²) in [4.78, 5) is 16.3. The van der Waals surface area contributed by atoms with Crippen LogP contribution in [0.25, 0.3) is 0 Å². The van der Waals surface area contributed by atoms with Gasteiger partial charge in [-0.2, -0.15) is 0 Å². The molecule has 1 aromatic heterocycles. The summed E-state index contributed by atoms with van der Waals surface area (Å²) in [6, 6.07) is 4.63. The number of nitrogens with zero attached hydrogens (tertiary/aromatic N) is 1. The molecule has 1 N–H and O–H groups in total. The lowest BCUT2D eigenvalue weighted by Gasteiger charge is -2.04. The zero-order valence-electron chi connectivity index (χ0n) is 9.82. The Labute approximate surface area is 122 Å². The van der Waals surface area contributed by atoms with Gasteiger partial charge in [0.15, 0.2) is 5.13 Å². The molecule has 0 bridgehead atoms. The van der Waals surface area contributed by atoms with E-state index in [-0.39, 0.29) is 10.0 Å². The van der Waals surface area contributed by atoms with Crippen LogP contribution in [0.15, 0.2) is 28.1 Å². The second kappa shape index (κ2) is 5.02. The number of carbonyl (C=O) groups excluding carboxylic acids is 1. The highest BCUT2D eigenvalue weighted by Crippen LogP contribution is 2.40. The molecule has 0 atom stereocenters. The number of anilines is 1. The number of rotatable bonds is 3. The number of thiazole rings is 1. The van der Waals surface area contributed by atoms with Gasteiger partial charge >= 0.3 is 0 Å². The fourth-order valence-corrected chi connectivity index (χ4v) is 2.91. The van der Waals surface area contributed by atoms with Crippen molar-refractivity contribution in [2.45, 2.75) is 18.8 Å². The van der Waals surface area contributed by atoms with E-state index >= 15 is 0 Å². The molecule has 3 nitrogen and oxygen atoms in total. The topological polar surface area (TPSA) is 42.0 Å². The van der Waals surface area contributed by atoms with Crippen molar-refractivity contribution in [2.24, 2.45) is 0 Å². The largest absolute Gasteiger partial charge is 0.298 e. The normalized spacial score (nSPS) is 14.4. The van der Waals surface area contributed by atoms with Crippen LogP contribution in [0.2, 0.25) is 0 Å².